The quantitative estimate of drug-likeness (QED) is 0.680. The molecule has 0 saturated carbocycles. The predicted octanol–water partition coefficient (Wildman–Crippen LogP) is 1.94. The van der Waals surface area contributed by atoms with E-state index in [2.05, 4.69) is 25.2 Å². The Morgan fingerprint density at radius 2 is 2.14 bits per heavy atom. The third kappa shape index (κ3) is 5.95. The Hall–Kier alpha value is -0.590. The molecule has 1 unspecified atom stereocenters. The molecule has 0 heterocycles. The van der Waals surface area contributed by atoms with E-state index in [-0.39, 0.29) is 11.5 Å². The molecule has 0 aromatic rings. The number of hydrogen-bond donors (Lipinski definition) is 1. The average molecular weight is 198 g/mol. The Balaban J connectivity index is 3.80. The van der Waals surface area contributed by atoms with Crippen LogP contribution in [0.1, 0.15) is 33.6 Å². The highest BCUT2D eigenvalue weighted by atomic mass is 16.5. The van der Waals surface area contributed by atoms with Crippen LogP contribution in [0.5, 0.6) is 0 Å². The molecule has 0 aromatic carbocycles. The van der Waals surface area contributed by atoms with Crippen molar-refractivity contribution >= 4 is 0 Å². The average Bonchev–Trinajstić information content (AvgIpc) is 2.16. The maximum atomic E-state index is 8.76. The van der Waals surface area contributed by atoms with Crippen LogP contribution in [0.3, 0.4) is 0 Å². The highest BCUT2D eigenvalue weighted by molar-refractivity contribution is 4.89. The van der Waals surface area contributed by atoms with Crippen LogP contribution in [-0.4, -0.2) is 26.3 Å². The Bertz CT molecular complexity index is 184. The van der Waals surface area contributed by atoms with Crippen LogP contribution in [0.15, 0.2) is 0 Å². The molecule has 3 heteroatoms. The van der Waals surface area contributed by atoms with Crippen molar-refractivity contribution in [1.29, 1.82) is 5.26 Å². The summed E-state index contributed by atoms with van der Waals surface area (Å²) in [5.74, 6) is 0. The molecular formula is C11H22N2O. The number of nitrogens with one attached hydrogen (secondary N) is 1. The van der Waals surface area contributed by atoms with Gasteiger partial charge in [-0.2, -0.15) is 5.26 Å². The second-order valence-corrected chi connectivity index (χ2v) is 4.38. The number of nitriles is 1. The molecule has 0 saturated heterocycles. The molecule has 3 nitrogen and oxygen atoms in total. The molecule has 0 bridgehead atoms. The zero-order valence-corrected chi connectivity index (χ0v) is 9.76. The van der Waals surface area contributed by atoms with Crippen molar-refractivity contribution in [3.63, 3.8) is 0 Å². The first-order chi connectivity index (χ1) is 6.55. The molecule has 0 rings (SSSR count). The summed E-state index contributed by atoms with van der Waals surface area (Å²) in [6, 6.07) is 2.22. The Kier molecular flexibility index (Phi) is 6.52. The molecule has 1 N–H and O–H groups in total. The van der Waals surface area contributed by atoms with Crippen LogP contribution in [0.2, 0.25) is 0 Å². The van der Waals surface area contributed by atoms with Crippen LogP contribution < -0.4 is 5.32 Å². The third-order valence-corrected chi connectivity index (χ3v) is 2.37. The highest BCUT2D eigenvalue weighted by Gasteiger charge is 2.18. The fourth-order valence-electron chi connectivity index (χ4n) is 1.15. The lowest BCUT2D eigenvalue weighted by molar-refractivity contribution is 0.150. The summed E-state index contributed by atoms with van der Waals surface area (Å²) in [5.41, 5.74) is 0.195. The summed E-state index contributed by atoms with van der Waals surface area (Å²) in [7, 11) is 1.72. The van der Waals surface area contributed by atoms with Crippen molar-refractivity contribution in [1.82, 2.24) is 5.32 Å². The van der Waals surface area contributed by atoms with Crippen molar-refractivity contribution in [2.45, 2.75) is 39.7 Å². The van der Waals surface area contributed by atoms with Crippen LogP contribution in [0.4, 0.5) is 0 Å². The molecule has 0 amide bonds. The molecule has 14 heavy (non-hydrogen) atoms. The molecule has 0 spiro atoms. The summed E-state index contributed by atoms with van der Waals surface area (Å²) in [6.07, 6.45) is 1.87. The van der Waals surface area contributed by atoms with Crippen molar-refractivity contribution in [3.05, 3.63) is 0 Å². The van der Waals surface area contributed by atoms with Gasteiger partial charge in [0.25, 0.3) is 0 Å². The minimum atomic E-state index is -0.0168. The van der Waals surface area contributed by atoms with Crippen LogP contribution in [0, 0.1) is 16.7 Å². The first-order valence-corrected chi connectivity index (χ1v) is 5.17. The van der Waals surface area contributed by atoms with Crippen molar-refractivity contribution in [2.75, 3.05) is 20.3 Å². The fourth-order valence-corrected chi connectivity index (χ4v) is 1.15. The summed E-state index contributed by atoms with van der Waals surface area (Å²) < 4.78 is 5.04. The summed E-state index contributed by atoms with van der Waals surface area (Å²) in [6.45, 7) is 8.02. The molecule has 0 aliphatic rings. The number of hydrogen-bond acceptors (Lipinski definition) is 3. The van der Waals surface area contributed by atoms with Gasteiger partial charge in [-0.25, -0.2) is 0 Å². The largest absolute Gasteiger partial charge is 0.385 e. The molecule has 0 aliphatic carbocycles. The maximum Gasteiger partial charge on any atom is 0.0950 e. The van der Waals surface area contributed by atoms with Crippen molar-refractivity contribution in [2.24, 2.45) is 5.41 Å². The minimum Gasteiger partial charge on any atom is -0.385 e. The second-order valence-electron chi connectivity index (χ2n) is 4.38. The standard InChI is InChI=1S/C11H22N2O/c1-5-10(8-12)13-9-11(2,3)6-7-14-4/h10,13H,5-7,9H2,1-4H3. The van der Waals surface area contributed by atoms with Crippen molar-refractivity contribution in [3.8, 4) is 6.07 Å². The lowest BCUT2D eigenvalue weighted by Gasteiger charge is -2.25. The van der Waals surface area contributed by atoms with Gasteiger partial charge in [0.1, 0.15) is 0 Å². The molecule has 0 radical (unpaired) electrons. The molecule has 0 aliphatic heterocycles. The summed E-state index contributed by atoms with van der Waals surface area (Å²) in [5, 5.41) is 12.0. The van der Waals surface area contributed by atoms with Gasteiger partial charge < -0.3 is 10.1 Å². The SMILES string of the molecule is CCC(C#N)NCC(C)(C)CCOC. The van der Waals surface area contributed by atoms with Gasteiger partial charge in [-0.3, -0.25) is 0 Å². The van der Waals surface area contributed by atoms with Gasteiger partial charge in [-0.15, -0.1) is 0 Å². The summed E-state index contributed by atoms with van der Waals surface area (Å²) >= 11 is 0. The molecule has 0 aromatic heterocycles. The zero-order valence-electron chi connectivity index (χ0n) is 9.76. The predicted molar refractivity (Wildman–Crippen MR) is 58.0 cm³/mol. The first kappa shape index (κ1) is 13.4. The van der Waals surface area contributed by atoms with E-state index >= 15 is 0 Å². The van der Waals surface area contributed by atoms with Gasteiger partial charge in [0, 0.05) is 20.3 Å². The van der Waals surface area contributed by atoms with Gasteiger partial charge in [-0.1, -0.05) is 20.8 Å². The van der Waals surface area contributed by atoms with E-state index < -0.39 is 0 Å². The number of rotatable bonds is 7. The van der Waals surface area contributed by atoms with E-state index in [0.29, 0.717) is 0 Å². The second kappa shape index (κ2) is 6.80. The van der Waals surface area contributed by atoms with Gasteiger partial charge in [-0.05, 0) is 18.3 Å². The van der Waals surface area contributed by atoms with Gasteiger partial charge in [0.05, 0.1) is 12.1 Å². The first-order valence-electron chi connectivity index (χ1n) is 5.17. The lowest BCUT2D eigenvalue weighted by atomic mass is 9.89. The van der Waals surface area contributed by atoms with Gasteiger partial charge >= 0.3 is 0 Å². The fraction of sp³-hybridized carbons (Fsp3) is 0.909. The highest BCUT2D eigenvalue weighted by Crippen LogP contribution is 2.18. The topological polar surface area (TPSA) is 45.0 Å². The Morgan fingerprint density at radius 3 is 2.57 bits per heavy atom. The maximum absolute atomic E-state index is 8.76. The summed E-state index contributed by atoms with van der Waals surface area (Å²) in [4.78, 5) is 0. The van der Waals surface area contributed by atoms with E-state index in [1.807, 2.05) is 6.92 Å². The number of methoxy groups -OCH3 is 1. The number of nitrogens with zero attached hydrogens (tertiary/aromatic N) is 1. The number of ether oxygens (including phenoxy) is 1. The van der Waals surface area contributed by atoms with Crippen molar-refractivity contribution < 1.29 is 4.74 Å². The Morgan fingerprint density at radius 1 is 1.50 bits per heavy atom. The van der Waals surface area contributed by atoms with Crippen LogP contribution in [-0.2, 0) is 4.74 Å². The monoisotopic (exact) mass is 198 g/mol. The van der Waals surface area contributed by atoms with E-state index in [1.54, 1.807) is 7.11 Å². The van der Waals surface area contributed by atoms with E-state index in [1.165, 1.54) is 0 Å². The van der Waals surface area contributed by atoms with Gasteiger partial charge in [0.2, 0.25) is 0 Å². The molecular weight excluding hydrogens is 176 g/mol. The van der Waals surface area contributed by atoms with E-state index in [9.17, 15) is 0 Å². The third-order valence-electron chi connectivity index (χ3n) is 2.37. The van der Waals surface area contributed by atoms with E-state index in [0.717, 1.165) is 26.0 Å². The Labute approximate surface area is 87.4 Å². The zero-order chi connectivity index (χ0) is 11.0. The molecule has 1 atom stereocenters. The smallest absolute Gasteiger partial charge is 0.0950 e. The van der Waals surface area contributed by atoms with E-state index in [4.69, 9.17) is 10.00 Å². The van der Waals surface area contributed by atoms with Gasteiger partial charge in [0.15, 0.2) is 0 Å². The van der Waals surface area contributed by atoms with Crippen LogP contribution in [0.25, 0.3) is 0 Å². The molecule has 0 fully saturated rings. The van der Waals surface area contributed by atoms with Crippen LogP contribution >= 0.6 is 0 Å². The molecule has 82 valence electrons. The minimum absolute atomic E-state index is 0.0168. The lowest BCUT2D eigenvalue weighted by Crippen LogP contribution is -2.36. The normalized spacial score (nSPS) is 13.6.